The molecule has 0 aliphatic heterocycles. The normalized spacial score (nSPS) is 12.1. The van der Waals surface area contributed by atoms with Crippen molar-refractivity contribution in [3.8, 4) is 0 Å². The van der Waals surface area contributed by atoms with Crippen molar-refractivity contribution < 1.29 is 9.53 Å². The summed E-state index contributed by atoms with van der Waals surface area (Å²) in [5, 5.41) is 0. The first kappa shape index (κ1) is 22.2. The zero-order valence-electron chi connectivity index (χ0n) is 16.1. The lowest BCUT2D eigenvalue weighted by molar-refractivity contribution is 0.0250. The highest BCUT2D eigenvalue weighted by Gasteiger charge is 2.15. The van der Waals surface area contributed by atoms with E-state index in [0.717, 1.165) is 36.6 Å². The zero-order chi connectivity index (χ0) is 18.3. The van der Waals surface area contributed by atoms with E-state index in [1.807, 2.05) is 24.3 Å². The highest BCUT2D eigenvalue weighted by molar-refractivity contribution is 9.10. The molecule has 1 aromatic rings. The quantitative estimate of drug-likeness (QED) is 0.232. The van der Waals surface area contributed by atoms with Gasteiger partial charge in [-0.3, -0.25) is 0 Å². The standard InChI is InChI=1S/C22H35BrO2/c1-3-5-7-8-9-10-11-12-14-21(13-6-4-2)25-22(24)19-15-17-20(23)18-16-19/h15-18,21H,3-14H2,1-2H3. The lowest BCUT2D eigenvalue weighted by Gasteiger charge is -2.18. The maximum absolute atomic E-state index is 12.3. The smallest absolute Gasteiger partial charge is 0.338 e. The van der Waals surface area contributed by atoms with E-state index in [1.165, 1.54) is 44.9 Å². The summed E-state index contributed by atoms with van der Waals surface area (Å²) in [5.41, 5.74) is 0.639. The molecule has 2 nitrogen and oxygen atoms in total. The van der Waals surface area contributed by atoms with Crippen molar-refractivity contribution in [1.29, 1.82) is 0 Å². The molecule has 1 aromatic carbocycles. The van der Waals surface area contributed by atoms with Gasteiger partial charge in [-0.15, -0.1) is 0 Å². The summed E-state index contributed by atoms with van der Waals surface area (Å²) >= 11 is 3.40. The Kier molecular flexibility index (Phi) is 12.8. The summed E-state index contributed by atoms with van der Waals surface area (Å²) in [6, 6.07) is 7.41. The largest absolute Gasteiger partial charge is 0.459 e. The Morgan fingerprint density at radius 1 is 0.840 bits per heavy atom. The van der Waals surface area contributed by atoms with E-state index in [-0.39, 0.29) is 12.1 Å². The number of esters is 1. The minimum absolute atomic E-state index is 0.0659. The second-order valence-electron chi connectivity index (χ2n) is 6.94. The van der Waals surface area contributed by atoms with Crippen LogP contribution in [-0.2, 0) is 4.74 Å². The van der Waals surface area contributed by atoms with Crippen molar-refractivity contribution in [2.24, 2.45) is 0 Å². The van der Waals surface area contributed by atoms with Gasteiger partial charge < -0.3 is 4.74 Å². The van der Waals surface area contributed by atoms with Gasteiger partial charge in [-0.25, -0.2) is 4.79 Å². The number of carbonyl (C=O) groups excluding carboxylic acids is 1. The van der Waals surface area contributed by atoms with Gasteiger partial charge in [0.25, 0.3) is 0 Å². The molecule has 3 heteroatoms. The summed E-state index contributed by atoms with van der Waals surface area (Å²) in [6.07, 6.45) is 14.8. The summed E-state index contributed by atoms with van der Waals surface area (Å²) in [5.74, 6) is -0.187. The van der Waals surface area contributed by atoms with Crippen LogP contribution in [0.2, 0.25) is 0 Å². The average Bonchev–Trinajstić information content (AvgIpc) is 2.62. The summed E-state index contributed by atoms with van der Waals surface area (Å²) in [6.45, 7) is 4.44. The lowest BCUT2D eigenvalue weighted by Crippen LogP contribution is -2.18. The molecule has 0 saturated heterocycles. The molecule has 0 saturated carbocycles. The van der Waals surface area contributed by atoms with Crippen LogP contribution in [0.15, 0.2) is 28.7 Å². The minimum Gasteiger partial charge on any atom is -0.459 e. The number of rotatable bonds is 14. The van der Waals surface area contributed by atoms with Crippen LogP contribution in [0, 0.1) is 0 Å². The molecule has 0 bridgehead atoms. The van der Waals surface area contributed by atoms with Gasteiger partial charge in [-0.05, 0) is 43.5 Å². The first-order valence-electron chi connectivity index (χ1n) is 10.1. The molecule has 0 aliphatic rings. The van der Waals surface area contributed by atoms with E-state index in [0.29, 0.717) is 5.56 Å². The number of unbranched alkanes of at least 4 members (excludes halogenated alkanes) is 8. The van der Waals surface area contributed by atoms with Crippen LogP contribution in [-0.4, -0.2) is 12.1 Å². The fraction of sp³-hybridized carbons (Fsp3) is 0.682. The van der Waals surface area contributed by atoms with Crippen LogP contribution in [0.25, 0.3) is 0 Å². The highest BCUT2D eigenvalue weighted by atomic mass is 79.9. The van der Waals surface area contributed by atoms with E-state index < -0.39 is 0 Å². The molecule has 142 valence electrons. The zero-order valence-corrected chi connectivity index (χ0v) is 17.7. The third-order valence-electron chi connectivity index (χ3n) is 4.61. The number of hydrogen-bond donors (Lipinski definition) is 0. The molecule has 0 aliphatic carbocycles. The van der Waals surface area contributed by atoms with Crippen LogP contribution in [0.4, 0.5) is 0 Å². The Bertz CT molecular complexity index is 456. The third kappa shape index (κ3) is 10.7. The van der Waals surface area contributed by atoms with Crippen LogP contribution < -0.4 is 0 Å². The monoisotopic (exact) mass is 410 g/mol. The van der Waals surface area contributed by atoms with Crippen molar-refractivity contribution in [3.05, 3.63) is 34.3 Å². The molecule has 0 N–H and O–H groups in total. The molecule has 25 heavy (non-hydrogen) atoms. The Balaban J connectivity index is 2.30. The van der Waals surface area contributed by atoms with Gasteiger partial charge in [0.15, 0.2) is 0 Å². The number of benzene rings is 1. The van der Waals surface area contributed by atoms with E-state index >= 15 is 0 Å². The van der Waals surface area contributed by atoms with Gasteiger partial charge in [-0.2, -0.15) is 0 Å². The Morgan fingerprint density at radius 3 is 1.96 bits per heavy atom. The molecule has 0 aromatic heterocycles. The molecular weight excluding hydrogens is 376 g/mol. The van der Waals surface area contributed by atoms with Crippen molar-refractivity contribution in [2.45, 2.75) is 97.0 Å². The molecule has 0 heterocycles. The summed E-state index contributed by atoms with van der Waals surface area (Å²) < 4.78 is 6.76. The number of halogens is 1. The first-order chi connectivity index (χ1) is 12.2. The molecule has 1 atom stereocenters. The highest BCUT2D eigenvalue weighted by Crippen LogP contribution is 2.18. The molecule has 0 fully saturated rings. The molecule has 0 radical (unpaired) electrons. The number of hydrogen-bond acceptors (Lipinski definition) is 2. The van der Waals surface area contributed by atoms with Gasteiger partial charge in [-0.1, -0.05) is 87.6 Å². The second-order valence-corrected chi connectivity index (χ2v) is 7.86. The Labute approximate surface area is 162 Å². The molecule has 0 spiro atoms. The van der Waals surface area contributed by atoms with Gasteiger partial charge in [0.2, 0.25) is 0 Å². The van der Waals surface area contributed by atoms with E-state index in [1.54, 1.807) is 0 Å². The first-order valence-corrected chi connectivity index (χ1v) is 10.9. The van der Waals surface area contributed by atoms with E-state index in [2.05, 4.69) is 29.8 Å². The molecular formula is C22H35BrO2. The maximum Gasteiger partial charge on any atom is 0.338 e. The third-order valence-corrected chi connectivity index (χ3v) is 5.14. The van der Waals surface area contributed by atoms with Crippen LogP contribution >= 0.6 is 15.9 Å². The minimum atomic E-state index is -0.187. The van der Waals surface area contributed by atoms with Crippen LogP contribution in [0.3, 0.4) is 0 Å². The van der Waals surface area contributed by atoms with Crippen LogP contribution in [0.1, 0.15) is 101 Å². The van der Waals surface area contributed by atoms with Crippen molar-refractivity contribution >= 4 is 21.9 Å². The van der Waals surface area contributed by atoms with Crippen LogP contribution in [0.5, 0.6) is 0 Å². The van der Waals surface area contributed by atoms with Gasteiger partial charge in [0.1, 0.15) is 6.10 Å². The molecule has 1 unspecified atom stereocenters. The maximum atomic E-state index is 12.3. The number of ether oxygens (including phenoxy) is 1. The SMILES string of the molecule is CCCCCCCCCCC(CCCC)OC(=O)c1ccc(Br)cc1. The average molecular weight is 411 g/mol. The van der Waals surface area contributed by atoms with Crippen molar-refractivity contribution in [3.63, 3.8) is 0 Å². The molecule has 0 amide bonds. The molecule has 1 rings (SSSR count). The predicted octanol–water partition coefficient (Wildman–Crippen LogP) is 7.70. The van der Waals surface area contributed by atoms with E-state index in [4.69, 9.17) is 4.74 Å². The van der Waals surface area contributed by atoms with E-state index in [9.17, 15) is 4.79 Å². The Hall–Kier alpha value is -0.830. The topological polar surface area (TPSA) is 26.3 Å². The fourth-order valence-corrected chi connectivity index (χ4v) is 3.27. The van der Waals surface area contributed by atoms with Gasteiger partial charge in [0.05, 0.1) is 5.56 Å². The van der Waals surface area contributed by atoms with Crippen molar-refractivity contribution in [2.75, 3.05) is 0 Å². The summed E-state index contributed by atoms with van der Waals surface area (Å²) in [4.78, 5) is 12.3. The summed E-state index contributed by atoms with van der Waals surface area (Å²) in [7, 11) is 0. The van der Waals surface area contributed by atoms with Gasteiger partial charge >= 0.3 is 5.97 Å². The van der Waals surface area contributed by atoms with Gasteiger partial charge in [0, 0.05) is 4.47 Å². The van der Waals surface area contributed by atoms with Crippen molar-refractivity contribution in [1.82, 2.24) is 0 Å². The fourth-order valence-electron chi connectivity index (χ4n) is 3.01. The predicted molar refractivity (Wildman–Crippen MR) is 110 cm³/mol. The number of carbonyl (C=O) groups is 1. The second kappa shape index (κ2) is 14.4. The lowest BCUT2D eigenvalue weighted by atomic mass is 10.0. The Morgan fingerprint density at radius 2 is 1.36 bits per heavy atom.